The zero-order chi connectivity index (χ0) is 13.2. The molecular formula is C15H18FNOS. The van der Waals surface area contributed by atoms with Crippen LogP contribution in [-0.2, 0) is 4.74 Å². The molecular weight excluding hydrogens is 261 g/mol. The summed E-state index contributed by atoms with van der Waals surface area (Å²) in [5.41, 5.74) is 0. The minimum Gasteiger partial charge on any atom is -0.381 e. The van der Waals surface area contributed by atoms with Gasteiger partial charge in [-0.15, -0.1) is 11.3 Å². The van der Waals surface area contributed by atoms with Gasteiger partial charge in [0, 0.05) is 28.1 Å². The van der Waals surface area contributed by atoms with Gasteiger partial charge >= 0.3 is 0 Å². The van der Waals surface area contributed by atoms with Crippen molar-refractivity contribution in [2.45, 2.75) is 19.4 Å². The van der Waals surface area contributed by atoms with E-state index in [2.05, 4.69) is 18.3 Å². The number of nitrogens with one attached hydrogen (secondary N) is 1. The molecule has 19 heavy (non-hydrogen) atoms. The molecule has 2 atom stereocenters. The fraction of sp³-hybridized carbons (Fsp3) is 0.467. The van der Waals surface area contributed by atoms with Gasteiger partial charge in [-0.05, 0) is 42.6 Å². The van der Waals surface area contributed by atoms with Crippen molar-refractivity contribution in [1.82, 2.24) is 5.32 Å². The summed E-state index contributed by atoms with van der Waals surface area (Å²) in [7, 11) is 0. The van der Waals surface area contributed by atoms with Gasteiger partial charge in [-0.25, -0.2) is 4.39 Å². The fourth-order valence-electron chi connectivity index (χ4n) is 2.72. The summed E-state index contributed by atoms with van der Waals surface area (Å²) >= 11 is 1.76. The Labute approximate surface area is 116 Å². The largest absolute Gasteiger partial charge is 0.381 e. The Morgan fingerprint density at radius 1 is 1.47 bits per heavy atom. The van der Waals surface area contributed by atoms with Gasteiger partial charge in [0.15, 0.2) is 0 Å². The molecule has 2 nitrogen and oxygen atoms in total. The van der Waals surface area contributed by atoms with E-state index in [4.69, 9.17) is 4.74 Å². The molecule has 3 rings (SSSR count). The molecule has 4 heteroatoms. The first-order valence-corrected chi connectivity index (χ1v) is 7.59. The second-order valence-electron chi connectivity index (χ2n) is 4.99. The number of halogens is 1. The van der Waals surface area contributed by atoms with Crippen LogP contribution in [0.5, 0.6) is 0 Å². The molecule has 0 bridgehead atoms. The third-order valence-corrected chi connectivity index (χ3v) is 4.86. The van der Waals surface area contributed by atoms with E-state index in [0.717, 1.165) is 36.3 Å². The number of benzene rings is 1. The molecule has 2 heterocycles. The van der Waals surface area contributed by atoms with E-state index in [-0.39, 0.29) is 5.82 Å². The number of hydrogen-bond donors (Lipinski definition) is 1. The summed E-state index contributed by atoms with van der Waals surface area (Å²) < 4.78 is 19.9. The Bertz CT molecular complexity index is 562. The van der Waals surface area contributed by atoms with Crippen molar-refractivity contribution in [3.05, 3.63) is 35.0 Å². The van der Waals surface area contributed by atoms with Crippen LogP contribution in [0.1, 0.15) is 24.3 Å². The van der Waals surface area contributed by atoms with Gasteiger partial charge in [0.25, 0.3) is 0 Å². The highest BCUT2D eigenvalue weighted by Gasteiger charge is 2.27. The predicted octanol–water partition coefficient (Wildman–Crippen LogP) is 3.73. The zero-order valence-corrected chi connectivity index (χ0v) is 11.8. The van der Waals surface area contributed by atoms with Crippen molar-refractivity contribution in [3.63, 3.8) is 0 Å². The van der Waals surface area contributed by atoms with Gasteiger partial charge in [0.2, 0.25) is 0 Å². The minimum atomic E-state index is -0.166. The molecule has 2 unspecified atom stereocenters. The summed E-state index contributed by atoms with van der Waals surface area (Å²) in [6.45, 7) is 4.73. The maximum absolute atomic E-state index is 13.3. The van der Waals surface area contributed by atoms with Gasteiger partial charge in [0.1, 0.15) is 5.82 Å². The second kappa shape index (κ2) is 5.57. The van der Waals surface area contributed by atoms with Gasteiger partial charge in [-0.3, -0.25) is 0 Å². The molecule has 1 aliphatic rings. The first kappa shape index (κ1) is 13.0. The van der Waals surface area contributed by atoms with Crippen molar-refractivity contribution < 1.29 is 9.13 Å². The number of thiophene rings is 1. The zero-order valence-electron chi connectivity index (χ0n) is 11.0. The monoisotopic (exact) mass is 279 g/mol. The fourth-order valence-corrected chi connectivity index (χ4v) is 3.94. The van der Waals surface area contributed by atoms with E-state index in [0.29, 0.717) is 12.0 Å². The number of rotatable bonds is 4. The third-order valence-electron chi connectivity index (χ3n) is 3.66. The lowest BCUT2D eigenvalue weighted by Gasteiger charge is -2.21. The van der Waals surface area contributed by atoms with Crippen molar-refractivity contribution in [2.24, 2.45) is 5.92 Å². The van der Waals surface area contributed by atoms with Crippen molar-refractivity contribution >= 4 is 21.4 Å². The Kier molecular flexibility index (Phi) is 3.82. The first-order chi connectivity index (χ1) is 9.28. The van der Waals surface area contributed by atoms with Crippen LogP contribution in [0.3, 0.4) is 0 Å². The molecule has 0 aliphatic carbocycles. The summed E-state index contributed by atoms with van der Waals surface area (Å²) in [6, 6.07) is 7.46. The van der Waals surface area contributed by atoms with Gasteiger partial charge in [-0.1, -0.05) is 6.92 Å². The van der Waals surface area contributed by atoms with Gasteiger partial charge in [-0.2, -0.15) is 0 Å². The van der Waals surface area contributed by atoms with Gasteiger partial charge < -0.3 is 10.1 Å². The van der Waals surface area contributed by atoms with Gasteiger partial charge in [0.05, 0.1) is 6.61 Å². The Balaban J connectivity index is 1.94. The normalized spacial score (nSPS) is 21.1. The first-order valence-electron chi connectivity index (χ1n) is 6.78. The standard InChI is InChI=1S/C15H18FNOS/c1-2-17-15(10-5-6-18-9-10)14-8-11-7-12(16)3-4-13(11)19-14/h3-4,7-8,10,15,17H,2,5-6,9H2,1H3. The molecule has 0 radical (unpaired) electrons. The van der Waals surface area contributed by atoms with Crippen LogP contribution in [0, 0.1) is 11.7 Å². The average Bonchev–Trinajstić information content (AvgIpc) is 3.04. The van der Waals surface area contributed by atoms with Crippen LogP contribution >= 0.6 is 11.3 Å². The van der Waals surface area contributed by atoms with E-state index in [9.17, 15) is 4.39 Å². The van der Waals surface area contributed by atoms with E-state index < -0.39 is 0 Å². The summed E-state index contributed by atoms with van der Waals surface area (Å²) in [5.74, 6) is 0.360. The maximum Gasteiger partial charge on any atom is 0.123 e. The van der Waals surface area contributed by atoms with E-state index in [1.807, 2.05) is 6.07 Å². The van der Waals surface area contributed by atoms with Crippen LogP contribution in [-0.4, -0.2) is 19.8 Å². The molecule has 1 aliphatic heterocycles. The van der Waals surface area contributed by atoms with Crippen LogP contribution in [0.2, 0.25) is 0 Å². The highest BCUT2D eigenvalue weighted by atomic mass is 32.1. The van der Waals surface area contributed by atoms with E-state index in [1.54, 1.807) is 17.4 Å². The predicted molar refractivity (Wildman–Crippen MR) is 77.1 cm³/mol. The Hall–Kier alpha value is -0.970. The van der Waals surface area contributed by atoms with Crippen molar-refractivity contribution in [1.29, 1.82) is 0 Å². The molecule has 1 N–H and O–H groups in total. The summed E-state index contributed by atoms with van der Waals surface area (Å²) in [6.07, 6.45) is 1.10. The summed E-state index contributed by atoms with van der Waals surface area (Å²) in [5, 5.41) is 4.55. The number of ether oxygens (including phenoxy) is 1. The highest BCUT2D eigenvalue weighted by molar-refractivity contribution is 7.19. The molecule has 1 aromatic carbocycles. The lowest BCUT2D eigenvalue weighted by Crippen LogP contribution is -2.27. The molecule has 0 amide bonds. The molecule has 2 aromatic rings. The Morgan fingerprint density at radius 2 is 2.37 bits per heavy atom. The summed E-state index contributed by atoms with van der Waals surface area (Å²) in [4.78, 5) is 1.29. The molecule has 102 valence electrons. The van der Waals surface area contributed by atoms with Crippen LogP contribution in [0.4, 0.5) is 4.39 Å². The van der Waals surface area contributed by atoms with Crippen LogP contribution in [0.25, 0.3) is 10.1 Å². The van der Waals surface area contributed by atoms with E-state index in [1.165, 1.54) is 10.9 Å². The smallest absolute Gasteiger partial charge is 0.123 e. The average molecular weight is 279 g/mol. The van der Waals surface area contributed by atoms with Crippen molar-refractivity contribution in [3.8, 4) is 0 Å². The lowest BCUT2D eigenvalue weighted by molar-refractivity contribution is 0.177. The second-order valence-corrected chi connectivity index (χ2v) is 6.11. The minimum absolute atomic E-state index is 0.166. The third kappa shape index (κ3) is 2.66. The highest BCUT2D eigenvalue weighted by Crippen LogP contribution is 2.36. The maximum atomic E-state index is 13.3. The topological polar surface area (TPSA) is 21.3 Å². The SMILES string of the molecule is CCNC(c1cc2cc(F)ccc2s1)C1CCOC1. The number of hydrogen-bond acceptors (Lipinski definition) is 3. The molecule has 0 saturated carbocycles. The Morgan fingerprint density at radius 3 is 3.11 bits per heavy atom. The molecule has 1 fully saturated rings. The van der Waals surface area contributed by atoms with Crippen molar-refractivity contribution in [2.75, 3.05) is 19.8 Å². The molecule has 1 aromatic heterocycles. The van der Waals surface area contributed by atoms with Crippen LogP contribution < -0.4 is 5.32 Å². The molecule has 0 spiro atoms. The quantitative estimate of drug-likeness (QED) is 0.921. The molecule has 1 saturated heterocycles. The lowest BCUT2D eigenvalue weighted by atomic mass is 9.97. The van der Waals surface area contributed by atoms with E-state index >= 15 is 0 Å². The van der Waals surface area contributed by atoms with Crippen LogP contribution in [0.15, 0.2) is 24.3 Å². The number of fused-ring (bicyclic) bond motifs is 1.